The molecule has 8 nitrogen and oxygen atoms in total. The second kappa shape index (κ2) is 5.60. The fraction of sp³-hybridized carbons (Fsp3) is 0. The Morgan fingerprint density at radius 3 is 2.60 bits per heavy atom. The minimum absolute atomic E-state index is 0. The molecule has 0 amide bonds. The zero-order valence-corrected chi connectivity index (χ0v) is 8.48. The second-order valence-corrected chi connectivity index (χ2v) is 2.37. The minimum atomic E-state index is -0.175. The van der Waals surface area contributed by atoms with E-state index >= 15 is 0 Å². The molecule has 9 heteroatoms. The molecule has 0 saturated heterocycles. The maximum absolute atomic E-state index is 7.06. The molecule has 1 rings (SSSR count). The number of aromatic nitrogens is 2. The van der Waals surface area contributed by atoms with Gasteiger partial charge in [0.15, 0.2) is 0 Å². The SMILES string of the molecule is Cl.N=C(N)n1cc(/C=N\N=C(N)N)cn1. The van der Waals surface area contributed by atoms with Crippen LogP contribution < -0.4 is 17.2 Å². The van der Waals surface area contributed by atoms with E-state index in [1.54, 1.807) is 0 Å². The van der Waals surface area contributed by atoms with Crippen molar-refractivity contribution in [3.8, 4) is 0 Å². The van der Waals surface area contributed by atoms with Gasteiger partial charge in [-0.3, -0.25) is 5.41 Å². The summed E-state index contributed by atoms with van der Waals surface area (Å²) in [5.74, 6) is -0.299. The van der Waals surface area contributed by atoms with Crippen molar-refractivity contribution < 1.29 is 0 Å². The maximum atomic E-state index is 7.06. The number of nitrogens with two attached hydrogens (primary N) is 3. The van der Waals surface area contributed by atoms with Gasteiger partial charge < -0.3 is 17.2 Å². The maximum Gasteiger partial charge on any atom is 0.213 e. The van der Waals surface area contributed by atoms with E-state index in [4.69, 9.17) is 22.6 Å². The highest BCUT2D eigenvalue weighted by Gasteiger charge is 1.96. The smallest absolute Gasteiger partial charge is 0.213 e. The summed E-state index contributed by atoms with van der Waals surface area (Å²) < 4.78 is 1.19. The lowest BCUT2D eigenvalue weighted by Gasteiger charge is -1.91. The van der Waals surface area contributed by atoms with E-state index < -0.39 is 0 Å². The number of rotatable bonds is 2. The van der Waals surface area contributed by atoms with Crippen molar-refractivity contribution in [2.24, 2.45) is 27.4 Å². The molecule has 0 saturated carbocycles. The minimum Gasteiger partial charge on any atom is -0.369 e. The zero-order chi connectivity index (χ0) is 10.6. The van der Waals surface area contributed by atoms with Crippen molar-refractivity contribution in [3.63, 3.8) is 0 Å². The Morgan fingerprint density at radius 2 is 2.13 bits per heavy atom. The van der Waals surface area contributed by atoms with Crippen molar-refractivity contribution in [3.05, 3.63) is 18.0 Å². The Balaban J connectivity index is 0.00000196. The molecular weight excluding hydrogens is 220 g/mol. The normalized spacial score (nSPS) is 9.60. The van der Waals surface area contributed by atoms with E-state index in [1.807, 2.05) is 0 Å². The van der Waals surface area contributed by atoms with Gasteiger partial charge in [-0.2, -0.15) is 10.2 Å². The number of nitrogen functional groups attached to an aromatic ring is 1. The van der Waals surface area contributed by atoms with Gasteiger partial charge in [-0.15, -0.1) is 17.5 Å². The van der Waals surface area contributed by atoms with E-state index in [0.29, 0.717) is 5.56 Å². The number of hydrogen-bond donors (Lipinski definition) is 4. The van der Waals surface area contributed by atoms with Crippen molar-refractivity contribution >= 4 is 30.5 Å². The van der Waals surface area contributed by atoms with Crippen LogP contribution in [0.3, 0.4) is 0 Å². The van der Waals surface area contributed by atoms with E-state index in [1.165, 1.54) is 23.3 Å². The molecule has 15 heavy (non-hydrogen) atoms. The van der Waals surface area contributed by atoms with Crippen molar-refractivity contribution in [2.45, 2.75) is 0 Å². The summed E-state index contributed by atoms with van der Waals surface area (Å²) in [5, 5.41) is 17.8. The molecule has 0 unspecified atom stereocenters. The number of halogens is 1. The molecule has 1 aromatic rings. The summed E-state index contributed by atoms with van der Waals surface area (Å²) in [5.41, 5.74) is 15.9. The van der Waals surface area contributed by atoms with Gasteiger partial charge in [-0.25, -0.2) is 4.68 Å². The largest absolute Gasteiger partial charge is 0.369 e. The quantitative estimate of drug-likeness (QED) is 0.283. The van der Waals surface area contributed by atoms with Gasteiger partial charge in [0.1, 0.15) is 0 Å². The second-order valence-electron chi connectivity index (χ2n) is 2.37. The van der Waals surface area contributed by atoms with E-state index in [0.717, 1.165) is 0 Å². The molecular formula is C6H11ClN8. The van der Waals surface area contributed by atoms with Crippen LogP contribution in [0.2, 0.25) is 0 Å². The number of nitrogens with one attached hydrogen (secondary N) is 1. The van der Waals surface area contributed by atoms with Crippen LogP contribution in [0.5, 0.6) is 0 Å². The summed E-state index contributed by atoms with van der Waals surface area (Å²) in [7, 11) is 0. The van der Waals surface area contributed by atoms with E-state index in [-0.39, 0.29) is 24.3 Å². The molecule has 0 atom stereocenters. The molecule has 1 heterocycles. The lowest BCUT2D eigenvalue weighted by atomic mass is 10.4. The van der Waals surface area contributed by atoms with Crippen LogP contribution in [0.4, 0.5) is 0 Å². The molecule has 7 N–H and O–H groups in total. The fourth-order valence-electron chi connectivity index (χ4n) is 0.697. The van der Waals surface area contributed by atoms with Crippen LogP contribution in [0.15, 0.2) is 22.6 Å². The van der Waals surface area contributed by atoms with Crippen LogP contribution in [-0.4, -0.2) is 27.9 Å². The molecule has 0 fully saturated rings. The van der Waals surface area contributed by atoms with Gasteiger partial charge in [-0.1, -0.05) is 0 Å². The topological polar surface area (TPSA) is 144 Å². The van der Waals surface area contributed by atoms with Gasteiger partial charge in [0.05, 0.1) is 12.4 Å². The lowest BCUT2D eigenvalue weighted by Crippen LogP contribution is -2.21. The molecule has 0 aliphatic carbocycles. The Morgan fingerprint density at radius 1 is 1.47 bits per heavy atom. The third-order valence-electron chi connectivity index (χ3n) is 1.23. The number of guanidine groups is 1. The summed E-state index contributed by atoms with van der Waals surface area (Å²) in [6.07, 6.45) is 4.40. The first kappa shape index (κ1) is 12.9. The molecule has 0 spiro atoms. The first-order chi connectivity index (χ1) is 6.59. The van der Waals surface area contributed by atoms with Gasteiger partial charge in [0, 0.05) is 11.8 Å². The van der Waals surface area contributed by atoms with Gasteiger partial charge in [0.2, 0.25) is 11.9 Å². The molecule has 0 aliphatic heterocycles. The number of hydrogen-bond acceptors (Lipinski definition) is 4. The zero-order valence-electron chi connectivity index (χ0n) is 7.66. The molecule has 0 aliphatic rings. The summed E-state index contributed by atoms with van der Waals surface area (Å²) in [6, 6.07) is 0. The predicted molar refractivity (Wildman–Crippen MR) is 60.2 cm³/mol. The van der Waals surface area contributed by atoms with Crippen LogP contribution in [0.25, 0.3) is 0 Å². The first-order valence-electron chi connectivity index (χ1n) is 3.60. The molecule has 0 radical (unpaired) electrons. The Kier molecular flexibility index (Phi) is 4.82. The standard InChI is InChI=1S/C6H10N8.ClH/c7-5(8)13-11-1-4-2-12-14(3-4)6(9)10;/h1-3H,(H3,9,10)(H4,7,8,13);1H/b11-1-;. The van der Waals surface area contributed by atoms with Crippen LogP contribution >= 0.6 is 12.4 Å². The predicted octanol–water partition coefficient (Wildman–Crippen LogP) is -1.35. The van der Waals surface area contributed by atoms with Crippen LogP contribution in [0, 0.1) is 5.41 Å². The monoisotopic (exact) mass is 230 g/mol. The Labute approximate surface area is 91.8 Å². The highest BCUT2D eigenvalue weighted by Crippen LogP contribution is 1.92. The molecule has 0 aromatic carbocycles. The fourth-order valence-corrected chi connectivity index (χ4v) is 0.697. The average molecular weight is 231 g/mol. The summed E-state index contributed by atoms with van der Waals surface area (Å²) >= 11 is 0. The van der Waals surface area contributed by atoms with E-state index in [2.05, 4.69) is 15.3 Å². The third kappa shape index (κ3) is 4.09. The van der Waals surface area contributed by atoms with Crippen molar-refractivity contribution in [2.75, 3.05) is 0 Å². The van der Waals surface area contributed by atoms with Crippen LogP contribution in [0.1, 0.15) is 5.56 Å². The van der Waals surface area contributed by atoms with Gasteiger partial charge in [0.25, 0.3) is 0 Å². The van der Waals surface area contributed by atoms with Crippen molar-refractivity contribution in [1.82, 2.24) is 9.78 Å². The van der Waals surface area contributed by atoms with Gasteiger partial charge >= 0.3 is 0 Å². The first-order valence-corrected chi connectivity index (χ1v) is 3.60. The summed E-state index contributed by atoms with van der Waals surface area (Å²) in [6.45, 7) is 0. The average Bonchev–Trinajstić information content (AvgIpc) is 2.52. The molecule has 1 aromatic heterocycles. The highest BCUT2D eigenvalue weighted by molar-refractivity contribution is 5.85. The number of nitrogens with zero attached hydrogens (tertiary/aromatic N) is 4. The van der Waals surface area contributed by atoms with Gasteiger partial charge in [-0.05, 0) is 0 Å². The Bertz CT molecular complexity index is 388. The van der Waals surface area contributed by atoms with Crippen molar-refractivity contribution in [1.29, 1.82) is 5.41 Å². The van der Waals surface area contributed by atoms with Crippen LogP contribution in [-0.2, 0) is 0 Å². The molecule has 0 bridgehead atoms. The highest BCUT2D eigenvalue weighted by atomic mass is 35.5. The summed E-state index contributed by atoms with van der Waals surface area (Å²) in [4.78, 5) is 0. The van der Waals surface area contributed by atoms with E-state index in [9.17, 15) is 0 Å². The molecule has 82 valence electrons. The lowest BCUT2D eigenvalue weighted by molar-refractivity contribution is 0.911. The Hall–Kier alpha value is -2.09. The third-order valence-corrected chi connectivity index (χ3v) is 1.23.